The number of carbonyl (C=O) groups is 2. The van der Waals surface area contributed by atoms with E-state index in [2.05, 4.69) is 10.6 Å². The fourth-order valence-corrected chi connectivity index (χ4v) is 3.60. The Kier molecular flexibility index (Phi) is 6.85. The molecule has 0 fully saturated rings. The number of aryl methyl sites for hydroxylation is 2. The molecule has 0 saturated carbocycles. The third-order valence-electron chi connectivity index (χ3n) is 4.93. The fraction of sp³-hybridized carbons (Fsp3) is 0.174. The van der Waals surface area contributed by atoms with Gasteiger partial charge in [-0.25, -0.2) is 4.79 Å². The maximum atomic E-state index is 12.6. The SMILES string of the molecule is Cc1cn(C)c(=O)c(NC(=O)NC(CC(=O)O)c2cccc(-c3ccccc3Cl)c2)c1O. The summed E-state index contributed by atoms with van der Waals surface area (Å²) in [6, 6.07) is 12.5. The van der Waals surface area contributed by atoms with E-state index in [1.54, 1.807) is 37.3 Å². The highest BCUT2D eigenvalue weighted by Gasteiger charge is 2.21. The van der Waals surface area contributed by atoms with Crippen LogP contribution in [0, 0.1) is 6.92 Å². The normalized spacial score (nSPS) is 11.6. The number of carbonyl (C=O) groups excluding carboxylic acids is 1. The minimum Gasteiger partial charge on any atom is -0.505 e. The van der Waals surface area contributed by atoms with E-state index in [9.17, 15) is 24.6 Å². The monoisotopic (exact) mass is 455 g/mol. The second-order valence-electron chi connectivity index (χ2n) is 7.31. The molecule has 0 saturated heterocycles. The zero-order valence-corrected chi connectivity index (χ0v) is 18.2. The van der Waals surface area contributed by atoms with Gasteiger partial charge in [0.15, 0.2) is 5.69 Å². The number of aromatic nitrogens is 1. The first-order chi connectivity index (χ1) is 15.2. The molecule has 0 spiro atoms. The molecule has 0 aliphatic heterocycles. The Morgan fingerprint density at radius 2 is 1.88 bits per heavy atom. The van der Waals surface area contributed by atoms with Crippen LogP contribution in [0.4, 0.5) is 10.5 Å². The lowest BCUT2D eigenvalue weighted by Gasteiger charge is -2.19. The van der Waals surface area contributed by atoms with Crippen molar-refractivity contribution in [1.82, 2.24) is 9.88 Å². The lowest BCUT2D eigenvalue weighted by Crippen LogP contribution is -2.36. The topological polar surface area (TPSA) is 121 Å². The number of aliphatic carboxylic acids is 1. The Morgan fingerprint density at radius 1 is 1.16 bits per heavy atom. The number of nitrogens with zero attached hydrogens (tertiary/aromatic N) is 1. The molecule has 3 rings (SSSR count). The first kappa shape index (κ1) is 22.9. The Hall–Kier alpha value is -3.78. The average Bonchev–Trinajstić information content (AvgIpc) is 2.75. The van der Waals surface area contributed by atoms with Crippen LogP contribution in [0.2, 0.25) is 5.02 Å². The number of amides is 2. The molecule has 2 aromatic carbocycles. The lowest BCUT2D eigenvalue weighted by atomic mass is 9.98. The Labute approximate surface area is 189 Å². The Balaban J connectivity index is 1.90. The van der Waals surface area contributed by atoms with Gasteiger partial charge in [-0.3, -0.25) is 9.59 Å². The van der Waals surface area contributed by atoms with Crippen molar-refractivity contribution in [3.8, 4) is 16.9 Å². The van der Waals surface area contributed by atoms with Crippen molar-refractivity contribution in [3.63, 3.8) is 0 Å². The number of hydrogen-bond donors (Lipinski definition) is 4. The summed E-state index contributed by atoms with van der Waals surface area (Å²) in [7, 11) is 1.49. The van der Waals surface area contributed by atoms with Gasteiger partial charge < -0.3 is 25.4 Å². The third-order valence-corrected chi connectivity index (χ3v) is 5.26. The van der Waals surface area contributed by atoms with E-state index in [4.69, 9.17) is 11.6 Å². The van der Waals surface area contributed by atoms with Crippen LogP contribution in [-0.4, -0.2) is 26.8 Å². The van der Waals surface area contributed by atoms with Gasteiger partial charge in [-0.15, -0.1) is 0 Å². The van der Waals surface area contributed by atoms with Crippen molar-refractivity contribution >= 4 is 29.3 Å². The summed E-state index contributed by atoms with van der Waals surface area (Å²) in [4.78, 5) is 36.4. The molecule has 1 atom stereocenters. The van der Waals surface area contributed by atoms with E-state index in [0.29, 0.717) is 16.1 Å². The van der Waals surface area contributed by atoms with Crippen LogP contribution in [0.1, 0.15) is 23.6 Å². The lowest BCUT2D eigenvalue weighted by molar-refractivity contribution is -0.137. The summed E-state index contributed by atoms with van der Waals surface area (Å²) in [6.45, 7) is 1.59. The molecule has 32 heavy (non-hydrogen) atoms. The first-order valence-electron chi connectivity index (χ1n) is 9.70. The predicted molar refractivity (Wildman–Crippen MR) is 122 cm³/mol. The number of carboxylic acid groups (broad SMARTS) is 1. The second kappa shape index (κ2) is 9.57. The van der Waals surface area contributed by atoms with Gasteiger partial charge in [0.05, 0.1) is 12.5 Å². The van der Waals surface area contributed by atoms with Gasteiger partial charge in [-0.1, -0.05) is 48.0 Å². The van der Waals surface area contributed by atoms with Gasteiger partial charge in [0, 0.05) is 29.4 Å². The minimum atomic E-state index is -1.12. The summed E-state index contributed by atoms with van der Waals surface area (Å²) in [5.41, 5.74) is 1.58. The van der Waals surface area contributed by atoms with E-state index in [-0.39, 0.29) is 11.4 Å². The Morgan fingerprint density at radius 3 is 2.56 bits per heavy atom. The molecule has 2 amide bonds. The van der Waals surface area contributed by atoms with Crippen LogP contribution < -0.4 is 16.2 Å². The van der Waals surface area contributed by atoms with Gasteiger partial charge in [0.2, 0.25) is 0 Å². The fourth-order valence-electron chi connectivity index (χ4n) is 3.35. The van der Waals surface area contributed by atoms with Crippen LogP contribution in [0.15, 0.2) is 59.5 Å². The molecular weight excluding hydrogens is 434 g/mol. The molecule has 0 radical (unpaired) electrons. The van der Waals surface area contributed by atoms with Crippen LogP contribution in [0.25, 0.3) is 11.1 Å². The van der Waals surface area contributed by atoms with Crippen LogP contribution in [0.3, 0.4) is 0 Å². The minimum absolute atomic E-state index is 0.288. The molecule has 0 bridgehead atoms. The van der Waals surface area contributed by atoms with Crippen LogP contribution in [0.5, 0.6) is 5.75 Å². The number of carboxylic acids is 1. The van der Waals surface area contributed by atoms with Crippen molar-refractivity contribution in [2.75, 3.05) is 5.32 Å². The number of pyridine rings is 1. The van der Waals surface area contributed by atoms with E-state index in [1.165, 1.54) is 17.8 Å². The maximum Gasteiger partial charge on any atom is 0.319 e. The van der Waals surface area contributed by atoms with Gasteiger partial charge in [-0.2, -0.15) is 0 Å². The van der Waals surface area contributed by atoms with E-state index >= 15 is 0 Å². The quantitative estimate of drug-likeness (QED) is 0.446. The van der Waals surface area contributed by atoms with Crippen molar-refractivity contribution in [2.45, 2.75) is 19.4 Å². The number of nitrogens with one attached hydrogen (secondary N) is 2. The molecule has 3 aromatic rings. The van der Waals surface area contributed by atoms with Gasteiger partial charge in [-0.05, 0) is 30.2 Å². The number of halogens is 1. The highest BCUT2D eigenvalue weighted by atomic mass is 35.5. The smallest absolute Gasteiger partial charge is 0.319 e. The molecule has 9 heteroatoms. The number of aromatic hydroxyl groups is 1. The van der Waals surface area contributed by atoms with Gasteiger partial charge in [0.1, 0.15) is 5.75 Å². The van der Waals surface area contributed by atoms with Crippen molar-refractivity contribution in [2.24, 2.45) is 7.05 Å². The van der Waals surface area contributed by atoms with Crippen molar-refractivity contribution < 1.29 is 19.8 Å². The van der Waals surface area contributed by atoms with Crippen molar-refractivity contribution in [3.05, 3.63) is 81.2 Å². The molecule has 1 heterocycles. The maximum absolute atomic E-state index is 12.6. The summed E-state index contributed by atoms with van der Waals surface area (Å²) in [6.07, 6.45) is 1.05. The number of rotatable bonds is 6. The largest absolute Gasteiger partial charge is 0.505 e. The number of hydrogen-bond acceptors (Lipinski definition) is 4. The summed E-state index contributed by atoms with van der Waals surface area (Å²) < 4.78 is 1.23. The summed E-state index contributed by atoms with van der Waals surface area (Å²) in [5, 5.41) is 25.0. The molecule has 4 N–H and O–H groups in total. The van der Waals surface area contributed by atoms with E-state index < -0.39 is 30.0 Å². The number of urea groups is 1. The number of benzene rings is 2. The van der Waals surface area contributed by atoms with Gasteiger partial charge in [0.25, 0.3) is 5.56 Å². The summed E-state index contributed by atoms with van der Waals surface area (Å²) in [5.74, 6) is -1.47. The zero-order chi connectivity index (χ0) is 23.4. The molecule has 0 aliphatic rings. The zero-order valence-electron chi connectivity index (χ0n) is 17.4. The highest BCUT2D eigenvalue weighted by Crippen LogP contribution is 2.30. The predicted octanol–water partition coefficient (Wildman–Crippen LogP) is 4.06. The number of anilines is 1. The molecule has 1 aromatic heterocycles. The first-order valence-corrected chi connectivity index (χ1v) is 10.1. The van der Waals surface area contributed by atoms with E-state index in [1.807, 2.05) is 18.2 Å². The van der Waals surface area contributed by atoms with Gasteiger partial charge >= 0.3 is 12.0 Å². The molecule has 1 unspecified atom stereocenters. The third kappa shape index (κ3) is 5.09. The van der Waals surface area contributed by atoms with Crippen LogP contribution >= 0.6 is 11.6 Å². The molecular formula is C23H22ClN3O5. The molecule has 166 valence electrons. The highest BCUT2D eigenvalue weighted by molar-refractivity contribution is 6.33. The average molecular weight is 456 g/mol. The molecule has 0 aliphatic carbocycles. The van der Waals surface area contributed by atoms with Crippen molar-refractivity contribution in [1.29, 1.82) is 0 Å². The molecule has 8 nitrogen and oxygen atoms in total. The summed E-state index contributed by atoms with van der Waals surface area (Å²) >= 11 is 6.28. The second-order valence-corrected chi connectivity index (χ2v) is 7.71. The standard InChI is InChI=1S/C23H22ClN3O5/c1-13-12-27(2)22(31)20(21(13)30)26-23(32)25-18(11-19(28)29)15-7-5-6-14(10-15)16-8-3-4-9-17(16)24/h3-10,12,18,30H,11H2,1-2H3,(H,28,29)(H2,25,26,32). The Bertz CT molecular complexity index is 1240. The van der Waals surface area contributed by atoms with Crippen LogP contribution in [-0.2, 0) is 11.8 Å². The van der Waals surface area contributed by atoms with E-state index in [0.717, 1.165) is 11.1 Å².